The van der Waals surface area contributed by atoms with E-state index in [2.05, 4.69) is 0 Å². The summed E-state index contributed by atoms with van der Waals surface area (Å²) in [6.07, 6.45) is -0.554. The number of piperidine rings is 1. The first-order valence-corrected chi connectivity index (χ1v) is 12.3. The number of halogens is 1. The number of nitrogens with zero attached hydrogens (tertiary/aromatic N) is 2. The molecule has 1 saturated heterocycles. The predicted octanol–water partition coefficient (Wildman–Crippen LogP) is 7.13. The van der Waals surface area contributed by atoms with Crippen molar-refractivity contribution in [3.8, 4) is 0 Å². The minimum atomic E-state index is -0.868. The molecule has 196 valence electrons. The molecule has 1 aromatic rings. The molecule has 1 aliphatic heterocycles. The first-order chi connectivity index (χ1) is 15.9. The second-order valence-electron chi connectivity index (χ2n) is 11.7. The zero-order valence-corrected chi connectivity index (χ0v) is 23.1. The number of amides is 3. The average molecular weight is 511 g/mol. The van der Waals surface area contributed by atoms with Gasteiger partial charge < -0.3 is 19.1 Å². The van der Waals surface area contributed by atoms with Crippen LogP contribution in [0.5, 0.6) is 0 Å². The van der Waals surface area contributed by atoms with Crippen LogP contribution in [-0.4, -0.2) is 53.1 Å². The third-order valence-electron chi connectivity index (χ3n) is 4.98. The Kier molecular flexibility index (Phi) is 8.74. The molecule has 0 aromatic heterocycles. The highest BCUT2D eigenvalue weighted by atomic mass is 35.5. The van der Waals surface area contributed by atoms with Crippen LogP contribution in [0.4, 0.5) is 20.1 Å². The summed E-state index contributed by atoms with van der Waals surface area (Å²) in [5.74, 6) is 0.178. The van der Waals surface area contributed by atoms with Crippen molar-refractivity contribution in [3.05, 3.63) is 28.8 Å². The van der Waals surface area contributed by atoms with E-state index in [4.69, 9.17) is 25.8 Å². The zero-order valence-electron chi connectivity index (χ0n) is 22.4. The molecular formula is C26H39ClN2O6. The number of rotatable bonds is 2. The highest BCUT2D eigenvalue weighted by Gasteiger charge is 2.34. The van der Waals surface area contributed by atoms with E-state index in [0.717, 1.165) is 23.3 Å². The van der Waals surface area contributed by atoms with Crippen LogP contribution in [0, 0.1) is 0 Å². The standard InChI is InChI=1S/C26H39ClN2O6/c1-24(2,3)33-21(30)28-14-12-17(13-15-28)18-10-11-20(19(27)16-18)29(22(31)34-25(4,5)6)23(32)35-26(7,8)9/h10-11,16-17H,12-15H2,1-9H3. The number of carbonyl (C=O) groups excluding carboxylic acids is 3. The molecule has 1 aliphatic rings. The van der Waals surface area contributed by atoms with Gasteiger partial charge in [0.15, 0.2) is 0 Å². The number of hydrogen-bond donors (Lipinski definition) is 0. The normalized spacial score (nSPS) is 15.4. The Morgan fingerprint density at radius 1 is 0.829 bits per heavy atom. The molecule has 8 nitrogen and oxygen atoms in total. The number of imide groups is 1. The second-order valence-corrected chi connectivity index (χ2v) is 12.2. The fourth-order valence-electron chi connectivity index (χ4n) is 3.57. The summed E-state index contributed by atoms with van der Waals surface area (Å²) >= 11 is 6.58. The van der Waals surface area contributed by atoms with Crippen LogP contribution in [0.25, 0.3) is 0 Å². The van der Waals surface area contributed by atoms with Gasteiger partial charge in [0.1, 0.15) is 16.8 Å². The minimum Gasteiger partial charge on any atom is -0.444 e. The lowest BCUT2D eigenvalue weighted by Crippen LogP contribution is -2.44. The first-order valence-electron chi connectivity index (χ1n) is 11.9. The van der Waals surface area contributed by atoms with Crippen molar-refractivity contribution in [2.75, 3.05) is 18.0 Å². The molecule has 0 atom stereocenters. The molecule has 0 aliphatic carbocycles. The maximum Gasteiger partial charge on any atom is 0.424 e. The molecular weight excluding hydrogens is 472 g/mol. The quantitative estimate of drug-likeness (QED) is 0.393. The monoisotopic (exact) mass is 510 g/mol. The molecule has 0 N–H and O–H groups in total. The van der Waals surface area contributed by atoms with Crippen LogP contribution in [0.15, 0.2) is 18.2 Å². The smallest absolute Gasteiger partial charge is 0.424 e. The van der Waals surface area contributed by atoms with Gasteiger partial charge in [0, 0.05) is 13.1 Å². The number of anilines is 1. The van der Waals surface area contributed by atoms with E-state index in [-0.39, 0.29) is 22.7 Å². The van der Waals surface area contributed by atoms with Crippen molar-refractivity contribution >= 4 is 35.6 Å². The molecule has 3 amide bonds. The summed E-state index contributed by atoms with van der Waals surface area (Å²) in [4.78, 5) is 40.7. The minimum absolute atomic E-state index is 0.178. The molecule has 0 unspecified atom stereocenters. The molecule has 0 radical (unpaired) electrons. The van der Waals surface area contributed by atoms with E-state index >= 15 is 0 Å². The summed E-state index contributed by atoms with van der Waals surface area (Å²) in [5.41, 5.74) is -1.01. The number of ether oxygens (including phenoxy) is 3. The van der Waals surface area contributed by atoms with E-state index in [9.17, 15) is 14.4 Å². The Morgan fingerprint density at radius 2 is 1.29 bits per heavy atom. The topological polar surface area (TPSA) is 85.4 Å². The van der Waals surface area contributed by atoms with Crippen molar-refractivity contribution in [1.29, 1.82) is 0 Å². The Bertz CT molecular complexity index is 907. The summed E-state index contributed by atoms with van der Waals surface area (Å²) in [6, 6.07) is 5.23. The van der Waals surface area contributed by atoms with Crippen LogP contribution in [0.3, 0.4) is 0 Å². The van der Waals surface area contributed by atoms with Crippen LogP contribution in [-0.2, 0) is 14.2 Å². The van der Waals surface area contributed by atoms with Gasteiger partial charge in [-0.05, 0) is 98.8 Å². The largest absolute Gasteiger partial charge is 0.444 e. The Hall–Kier alpha value is -2.48. The van der Waals surface area contributed by atoms with E-state index in [0.29, 0.717) is 13.1 Å². The summed E-state index contributed by atoms with van der Waals surface area (Å²) in [5, 5.41) is 0.230. The lowest BCUT2D eigenvalue weighted by atomic mass is 9.89. The van der Waals surface area contributed by atoms with Gasteiger partial charge in [-0.2, -0.15) is 4.90 Å². The lowest BCUT2D eigenvalue weighted by Gasteiger charge is -2.34. The Balaban J connectivity index is 2.22. The maximum atomic E-state index is 12.9. The first kappa shape index (κ1) is 28.8. The highest BCUT2D eigenvalue weighted by Crippen LogP contribution is 2.35. The maximum absolute atomic E-state index is 12.9. The van der Waals surface area contributed by atoms with Gasteiger partial charge in [0.25, 0.3) is 0 Å². The van der Waals surface area contributed by atoms with E-state index < -0.39 is 29.0 Å². The molecule has 0 spiro atoms. The fourth-order valence-corrected chi connectivity index (χ4v) is 3.84. The van der Waals surface area contributed by atoms with Crippen molar-refractivity contribution in [3.63, 3.8) is 0 Å². The third-order valence-corrected chi connectivity index (χ3v) is 5.29. The number of carbonyl (C=O) groups is 3. The SMILES string of the molecule is CC(C)(C)OC(=O)N1CCC(c2ccc(N(C(=O)OC(C)(C)C)C(=O)OC(C)(C)C)c(Cl)c2)CC1. The molecule has 1 heterocycles. The predicted molar refractivity (Wildman–Crippen MR) is 136 cm³/mol. The molecule has 0 bridgehead atoms. The molecule has 9 heteroatoms. The Morgan fingerprint density at radius 3 is 1.69 bits per heavy atom. The van der Waals surface area contributed by atoms with Gasteiger partial charge in [0.2, 0.25) is 0 Å². The zero-order chi connectivity index (χ0) is 26.8. The lowest BCUT2D eigenvalue weighted by molar-refractivity contribution is 0.0204. The van der Waals surface area contributed by atoms with Crippen molar-refractivity contribution < 1.29 is 28.6 Å². The van der Waals surface area contributed by atoms with Crippen LogP contribution in [0.2, 0.25) is 5.02 Å². The van der Waals surface area contributed by atoms with Crippen molar-refractivity contribution in [2.24, 2.45) is 0 Å². The van der Waals surface area contributed by atoms with E-state index in [1.807, 2.05) is 26.8 Å². The van der Waals surface area contributed by atoms with Crippen molar-refractivity contribution in [1.82, 2.24) is 4.90 Å². The summed E-state index contributed by atoms with van der Waals surface area (Å²) in [6.45, 7) is 17.0. The van der Waals surface area contributed by atoms with Gasteiger partial charge >= 0.3 is 18.3 Å². The van der Waals surface area contributed by atoms with Gasteiger partial charge in [-0.3, -0.25) is 0 Å². The fraction of sp³-hybridized carbons (Fsp3) is 0.654. The summed E-state index contributed by atoms with van der Waals surface area (Å²) in [7, 11) is 0. The summed E-state index contributed by atoms with van der Waals surface area (Å²) < 4.78 is 16.3. The van der Waals surface area contributed by atoms with E-state index in [1.165, 1.54) is 0 Å². The number of hydrogen-bond acceptors (Lipinski definition) is 6. The second kappa shape index (κ2) is 10.6. The van der Waals surface area contributed by atoms with Gasteiger partial charge in [-0.15, -0.1) is 0 Å². The van der Waals surface area contributed by atoms with Crippen LogP contribution < -0.4 is 4.90 Å². The Labute approximate surface area is 213 Å². The molecule has 0 saturated carbocycles. The number of likely N-dealkylation sites (tertiary alicyclic amines) is 1. The van der Waals surface area contributed by atoms with Gasteiger partial charge in [-0.25, -0.2) is 14.4 Å². The van der Waals surface area contributed by atoms with Gasteiger partial charge in [0.05, 0.1) is 10.7 Å². The van der Waals surface area contributed by atoms with Crippen molar-refractivity contribution in [2.45, 2.75) is 97.9 Å². The number of benzene rings is 1. The molecule has 35 heavy (non-hydrogen) atoms. The molecule has 2 rings (SSSR count). The van der Waals surface area contributed by atoms with Crippen LogP contribution >= 0.6 is 11.6 Å². The molecule has 1 fully saturated rings. The van der Waals surface area contributed by atoms with Gasteiger partial charge in [-0.1, -0.05) is 17.7 Å². The average Bonchev–Trinajstić information content (AvgIpc) is 2.65. The third kappa shape index (κ3) is 8.91. The molecule has 1 aromatic carbocycles. The van der Waals surface area contributed by atoms with Crippen LogP contribution in [0.1, 0.15) is 86.6 Å². The highest BCUT2D eigenvalue weighted by molar-refractivity contribution is 6.34. The van der Waals surface area contributed by atoms with E-state index in [1.54, 1.807) is 58.6 Å².